The molecular weight excluding hydrogens is 344 g/mol. The van der Waals surface area contributed by atoms with E-state index in [2.05, 4.69) is 20.6 Å². The number of primary sulfonamides is 1. The second-order valence-electron chi connectivity index (χ2n) is 5.17. The molecule has 0 saturated carbocycles. The van der Waals surface area contributed by atoms with Gasteiger partial charge in [-0.3, -0.25) is 0 Å². The van der Waals surface area contributed by atoms with Gasteiger partial charge in [0.25, 0.3) is 0 Å². The number of amidine groups is 1. The Kier molecular flexibility index (Phi) is 4.04. The van der Waals surface area contributed by atoms with E-state index < -0.39 is 10.0 Å². The Labute approximate surface area is 142 Å². The van der Waals surface area contributed by atoms with Crippen LogP contribution in [0.1, 0.15) is 5.56 Å². The zero-order chi connectivity index (χ0) is 18.2. The standard InChI is InChI=1S/C14H16N8O2S/c15-13(21-22-17)11-7(3-2-6-10(11)25(18,23)24)8-4-1-5-9-12(8)20-14(16)19-9/h1-6,22H,17H2,(H2,15,21)(H3,16,19,20)(H2,18,23,24). The number of H-pyrrole nitrogens is 1. The van der Waals surface area contributed by atoms with Crippen LogP contribution in [0.5, 0.6) is 0 Å². The molecule has 0 saturated heterocycles. The number of anilines is 1. The van der Waals surface area contributed by atoms with Crippen molar-refractivity contribution in [3.8, 4) is 11.1 Å². The summed E-state index contributed by atoms with van der Waals surface area (Å²) in [6.07, 6.45) is 0. The number of rotatable bonds is 4. The second-order valence-corrected chi connectivity index (χ2v) is 6.70. The van der Waals surface area contributed by atoms with E-state index in [0.717, 1.165) is 0 Å². The van der Waals surface area contributed by atoms with Gasteiger partial charge in [0, 0.05) is 11.1 Å². The fraction of sp³-hybridized carbons (Fsp3) is 0. The predicted octanol–water partition coefficient (Wildman–Crippen LogP) is -0.457. The minimum absolute atomic E-state index is 0.122. The largest absolute Gasteiger partial charge is 0.382 e. The zero-order valence-electron chi connectivity index (χ0n) is 12.9. The van der Waals surface area contributed by atoms with Crippen LogP contribution in [0.3, 0.4) is 0 Å². The van der Waals surface area contributed by atoms with Gasteiger partial charge in [-0.05, 0) is 17.7 Å². The van der Waals surface area contributed by atoms with Crippen LogP contribution in [-0.2, 0) is 10.0 Å². The maximum absolute atomic E-state index is 12.0. The number of aromatic amines is 1. The molecule has 1 heterocycles. The summed E-state index contributed by atoms with van der Waals surface area (Å²) in [6, 6.07) is 9.91. The number of nitrogens with two attached hydrogens (primary N) is 4. The minimum atomic E-state index is -4.06. The first kappa shape index (κ1) is 16.7. The highest BCUT2D eigenvalue weighted by atomic mass is 32.2. The highest BCUT2D eigenvalue weighted by Crippen LogP contribution is 2.33. The molecule has 0 fully saturated rings. The van der Waals surface area contributed by atoms with Gasteiger partial charge in [-0.25, -0.2) is 29.9 Å². The Bertz CT molecular complexity index is 1090. The van der Waals surface area contributed by atoms with E-state index in [4.69, 9.17) is 22.4 Å². The molecule has 2 aromatic carbocycles. The number of hydrazone groups is 1. The summed E-state index contributed by atoms with van der Waals surface area (Å²) in [4.78, 5) is 6.99. The van der Waals surface area contributed by atoms with Crippen molar-refractivity contribution in [2.75, 3.05) is 5.73 Å². The van der Waals surface area contributed by atoms with Gasteiger partial charge in [-0.15, -0.1) is 5.10 Å². The Balaban J connectivity index is 2.42. The van der Waals surface area contributed by atoms with E-state index in [9.17, 15) is 8.42 Å². The minimum Gasteiger partial charge on any atom is -0.382 e. The number of nitrogens with one attached hydrogen (secondary N) is 2. The monoisotopic (exact) mass is 360 g/mol. The van der Waals surface area contributed by atoms with Gasteiger partial charge in [0.15, 0.2) is 11.8 Å². The number of hydrogen-bond donors (Lipinski definition) is 6. The first-order valence-electron chi connectivity index (χ1n) is 7.02. The topological polar surface area (TPSA) is 191 Å². The SMILES string of the molecule is NN/N=C(\N)c1c(-c2cccc3[nH]c(N)nc23)cccc1S(N)(=O)=O. The lowest BCUT2D eigenvalue weighted by molar-refractivity contribution is 0.597. The van der Waals surface area contributed by atoms with E-state index in [1.165, 1.54) is 6.07 Å². The van der Waals surface area contributed by atoms with E-state index in [0.29, 0.717) is 22.2 Å². The molecule has 0 bridgehead atoms. The van der Waals surface area contributed by atoms with Gasteiger partial charge in [-0.2, -0.15) is 0 Å². The number of imidazole rings is 1. The van der Waals surface area contributed by atoms with Crippen LogP contribution >= 0.6 is 0 Å². The Morgan fingerprint density at radius 2 is 1.84 bits per heavy atom. The van der Waals surface area contributed by atoms with E-state index in [-0.39, 0.29) is 22.2 Å². The van der Waals surface area contributed by atoms with Crippen molar-refractivity contribution in [1.29, 1.82) is 0 Å². The van der Waals surface area contributed by atoms with Crippen molar-refractivity contribution in [1.82, 2.24) is 15.5 Å². The molecule has 0 aliphatic rings. The summed E-state index contributed by atoms with van der Waals surface area (Å²) in [5.74, 6) is 5.27. The van der Waals surface area contributed by atoms with Gasteiger partial charge in [0.1, 0.15) is 0 Å². The number of nitrogens with zero attached hydrogens (tertiary/aromatic N) is 2. The number of fused-ring (bicyclic) bond motifs is 1. The zero-order valence-corrected chi connectivity index (χ0v) is 13.7. The van der Waals surface area contributed by atoms with Crippen LogP contribution in [0.15, 0.2) is 46.4 Å². The molecule has 1 aromatic heterocycles. The fourth-order valence-corrected chi connectivity index (χ4v) is 3.42. The number of hydrazine groups is 1. The molecule has 3 aromatic rings. The average Bonchev–Trinajstić information content (AvgIpc) is 2.93. The Morgan fingerprint density at radius 3 is 2.52 bits per heavy atom. The average molecular weight is 360 g/mol. The van der Waals surface area contributed by atoms with Gasteiger partial charge < -0.3 is 16.5 Å². The summed E-state index contributed by atoms with van der Waals surface area (Å²) in [5.41, 5.74) is 16.2. The molecular formula is C14H16N8O2S. The third kappa shape index (κ3) is 2.98. The van der Waals surface area contributed by atoms with E-state index in [1.807, 2.05) is 0 Å². The number of benzene rings is 2. The highest BCUT2D eigenvalue weighted by Gasteiger charge is 2.22. The first-order valence-corrected chi connectivity index (χ1v) is 8.57. The van der Waals surface area contributed by atoms with Gasteiger partial charge in [0.05, 0.1) is 15.9 Å². The summed E-state index contributed by atoms with van der Waals surface area (Å²) in [7, 11) is -4.06. The number of para-hydroxylation sites is 1. The van der Waals surface area contributed by atoms with Crippen molar-refractivity contribution in [2.45, 2.75) is 4.90 Å². The summed E-state index contributed by atoms with van der Waals surface area (Å²) in [6.45, 7) is 0. The van der Waals surface area contributed by atoms with Gasteiger partial charge >= 0.3 is 0 Å². The third-order valence-corrected chi connectivity index (χ3v) is 4.55. The summed E-state index contributed by atoms with van der Waals surface area (Å²) < 4.78 is 24.0. The fourth-order valence-electron chi connectivity index (χ4n) is 2.65. The van der Waals surface area contributed by atoms with Crippen molar-refractivity contribution >= 4 is 32.8 Å². The van der Waals surface area contributed by atoms with Crippen LogP contribution in [0.25, 0.3) is 22.2 Å². The van der Waals surface area contributed by atoms with Crippen LogP contribution in [0.4, 0.5) is 5.95 Å². The summed E-state index contributed by atoms with van der Waals surface area (Å²) >= 11 is 0. The van der Waals surface area contributed by atoms with Gasteiger partial charge in [0.2, 0.25) is 10.0 Å². The molecule has 0 amide bonds. The summed E-state index contributed by atoms with van der Waals surface area (Å²) in [5, 5.41) is 9.01. The molecule has 11 heteroatoms. The van der Waals surface area contributed by atoms with Crippen molar-refractivity contribution in [2.24, 2.45) is 21.8 Å². The molecule has 10 N–H and O–H groups in total. The first-order chi connectivity index (χ1) is 11.8. The van der Waals surface area contributed by atoms with Crippen molar-refractivity contribution in [3.63, 3.8) is 0 Å². The number of hydrogen-bond acceptors (Lipinski definition) is 7. The molecule has 0 aliphatic carbocycles. The predicted molar refractivity (Wildman–Crippen MR) is 95.4 cm³/mol. The van der Waals surface area contributed by atoms with Gasteiger partial charge in [-0.1, -0.05) is 24.3 Å². The smallest absolute Gasteiger partial charge is 0.238 e. The van der Waals surface area contributed by atoms with Crippen LogP contribution in [0, 0.1) is 0 Å². The maximum atomic E-state index is 12.0. The normalized spacial score (nSPS) is 12.5. The van der Waals surface area contributed by atoms with Crippen molar-refractivity contribution in [3.05, 3.63) is 42.0 Å². The third-order valence-electron chi connectivity index (χ3n) is 3.60. The number of aromatic nitrogens is 2. The van der Waals surface area contributed by atoms with Crippen molar-refractivity contribution < 1.29 is 8.42 Å². The van der Waals surface area contributed by atoms with E-state index in [1.54, 1.807) is 30.3 Å². The molecule has 130 valence electrons. The molecule has 0 radical (unpaired) electrons. The second kappa shape index (κ2) is 6.05. The van der Waals surface area contributed by atoms with Crippen LogP contribution in [-0.4, -0.2) is 24.2 Å². The quantitative estimate of drug-likeness (QED) is 0.157. The molecule has 0 atom stereocenters. The lowest BCUT2D eigenvalue weighted by Gasteiger charge is -2.13. The maximum Gasteiger partial charge on any atom is 0.238 e. The highest BCUT2D eigenvalue weighted by molar-refractivity contribution is 7.89. The molecule has 10 nitrogen and oxygen atoms in total. The Hall–Kier alpha value is -3.15. The molecule has 0 aliphatic heterocycles. The molecule has 25 heavy (non-hydrogen) atoms. The molecule has 0 spiro atoms. The Morgan fingerprint density at radius 1 is 1.16 bits per heavy atom. The van der Waals surface area contributed by atoms with Crippen LogP contribution < -0.4 is 28.0 Å². The number of nitrogen functional groups attached to an aromatic ring is 1. The lowest BCUT2D eigenvalue weighted by atomic mass is 9.98. The number of sulfonamides is 1. The lowest BCUT2D eigenvalue weighted by Crippen LogP contribution is -2.26. The van der Waals surface area contributed by atoms with Crippen LogP contribution in [0.2, 0.25) is 0 Å². The van der Waals surface area contributed by atoms with E-state index >= 15 is 0 Å². The molecule has 0 unspecified atom stereocenters. The molecule has 3 rings (SSSR count).